The first-order chi connectivity index (χ1) is 12.2. The Morgan fingerprint density at radius 3 is 3.00 bits per heavy atom. The highest BCUT2D eigenvalue weighted by molar-refractivity contribution is 5.74. The van der Waals surface area contributed by atoms with Gasteiger partial charge in [-0.25, -0.2) is 9.18 Å². The summed E-state index contributed by atoms with van der Waals surface area (Å²) in [4.78, 5) is 16.4. The number of aryl methyl sites for hydroxylation is 1. The number of pyridine rings is 1. The number of rotatable bonds is 6. The highest BCUT2D eigenvalue weighted by Gasteiger charge is 2.24. The standard InChI is InChI=1S/C19H22FN3O2/c20-15-5-6-17-14(10-15)4-7-18(17)23-19(25)22-11-13(12-24)9-16-3-1-2-8-21-16/h1-3,5-6,8,10,13,18,24H,4,7,9,11-12H2,(H2,22,23,25). The van der Waals surface area contributed by atoms with E-state index in [2.05, 4.69) is 15.6 Å². The van der Waals surface area contributed by atoms with E-state index in [4.69, 9.17) is 0 Å². The van der Waals surface area contributed by atoms with Gasteiger partial charge in [0.25, 0.3) is 0 Å². The Labute approximate surface area is 146 Å². The summed E-state index contributed by atoms with van der Waals surface area (Å²) in [5.41, 5.74) is 2.81. The van der Waals surface area contributed by atoms with Crippen molar-refractivity contribution in [2.75, 3.05) is 13.2 Å². The molecule has 1 aliphatic carbocycles. The van der Waals surface area contributed by atoms with Crippen LogP contribution in [0.15, 0.2) is 42.6 Å². The average molecular weight is 343 g/mol. The van der Waals surface area contributed by atoms with Crippen LogP contribution in [0.3, 0.4) is 0 Å². The van der Waals surface area contributed by atoms with Gasteiger partial charge in [-0.2, -0.15) is 0 Å². The monoisotopic (exact) mass is 343 g/mol. The molecule has 1 aromatic carbocycles. The molecule has 0 radical (unpaired) electrons. The van der Waals surface area contributed by atoms with Crippen LogP contribution in [0.5, 0.6) is 0 Å². The van der Waals surface area contributed by atoms with Crippen molar-refractivity contribution in [3.63, 3.8) is 0 Å². The Morgan fingerprint density at radius 1 is 1.36 bits per heavy atom. The summed E-state index contributed by atoms with van der Waals surface area (Å²) in [6.07, 6.45) is 3.84. The van der Waals surface area contributed by atoms with E-state index in [1.165, 1.54) is 12.1 Å². The number of aliphatic hydroxyl groups excluding tert-OH is 1. The fraction of sp³-hybridized carbons (Fsp3) is 0.368. The largest absolute Gasteiger partial charge is 0.396 e. The summed E-state index contributed by atoms with van der Waals surface area (Å²) in [6, 6.07) is 9.96. The minimum absolute atomic E-state index is 0.0254. The van der Waals surface area contributed by atoms with Crippen LogP contribution in [0.4, 0.5) is 9.18 Å². The molecule has 0 spiro atoms. The quantitative estimate of drug-likeness (QED) is 0.754. The van der Waals surface area contributed by atoms with Gasteiger partial charge in [-0.15, -0.1) is 0 Å². The van der Waals surface area contributed by atoms with Crippen molar-refractivity contribution in [3.8, 4) is 0 Å². The number of nitrogens with zero attached hydrogens (tertiary/aromatic N) is 1. The molecule has 2 atom stereocenters. The second-order valence-electron chi connectivity index (χ2n) is 6.36. The molecule has 1 heterocycles. The number of aliphatic hydroxyl groups is 1. The second kappa shape index (κ2) is 8.07. The molecule has 3 rings (SSSR count). The zero-order valence-corrected chi connectivity index (χ0v) is 13.9. The molecule has 1 aromatic heterocycles. The number of fused-ring (bicyclic) bond motifs is 1. The van der Waals surface area contributed by atoms with Crippen molar-refractivity contribution < 1.29 is 14.3 Å². The molecule has 132 valence electrons. The molecule has 0 saturated carbocycles. The predicted octanol–water partition coefficient (Wildman–Crippen LogP) is 2.36. The molecule has 25 heavy (non-hydrogen) atoms. The van der Waals surface area contributed by atoms with Gasteiger partial charge in [0.2, 0.25) is 0 Å². The Balaban J connectivity index is 1.50. The number of carbonyl (C=O) groups is 1. The predicted molar refractivity (Wildman–Crippen MR) is 92.5 cm³/mol. The van der Waals surface area contributed by atoms with Crippen molar-refractivity contribution in [2.24, 2.45) is 5.92 Å². The van der Waals surface area contributed by atoms with E-state index >= 15 is 0 Å². The topological polar surface area (TPSA) is 74.2 Å². The second-order valence-corrected chi connectivity index (χ2v) is 6.36. The number of hydrogen-bond donors (Lipinski definition) is 3. The minimum atomic E-state index is -0.276. The fourth-order valence-corrected chi connectivity index (χ4v) is 3.20. The molecular formula is C19H22FN3O2. The number of nitrogens with one attached hydrogen (secondary N) is 2. The third-order valence-electron chi connectivity index (χ3n) is 4.52. The Hall–Kier alpha value is -2.47. The molecule has 2 amide bonds. The van der Waals surface area contributed by atoms with Gasteiger partial charge in [0, 0.05) is 31.0 Å². The Morgan fingerprint density at radius 2 is 2.24 bits per heavy atom. The van der Waals surface area contributed by atoms with E-state index < -0.39 is 0 Å². The van der Waals surface area contributed by atoms with E-state index in [0.29, 0.717) is 13.0 Å². The van der Waals surface area contributed by atoms with Gasteiger partial charge in [-0.3, -0.25) is 4.98 Å². The SMILES string of the molecule is O=C(NCC(CO)Cc1ccccn1)NC1CCc2cc(F)ccc21. The van der Waals surface area contributed by atoms with Crippen LogP contribution in [0.25, 0.3) is 0 Å². The van der Waals surface area contributed by atoms with E-state index in [1.807, 2.05) is 18.2 Å². The number of halogens is 1. The van der Waals surface area contributed by atoms with Crippen molar-refractivity contribution in [1.29, 1.82) is 0 Å². The summed E-state index contributed by atoms with van der Waals surface area (Å²) >= 11 is 0. The zero-order valence-electron chi connectivity index (χ0n) is 13.9. The van der Waals surface area contributed by atoms with Gasteiger partial charge in [0.1, 0.15) is 5.82 Å². The lowest BCUT2D eigenvalue weighted by Crippen LogP contribution is -2.40. The van der Waals surface area contributed by atoms with E-state index in [-0.39, 0.29) is 30.4 Å². The molecule has 0 aliphatic heterocycles. The lowest BCUT2D eigenvalue weighted by molar-refractivity contribution is 0.212. The summed E-state index contributed by atoms with van der Waals surface area (Å²) in [5.74, 6) is -0.338. The average Bonchev–Trinajstić information content (AvgIpc) is 3.01. The number of aromatic nitrogens is 1. The van der Waals surface area contributed by atoms with E-state index in [9.17, 15) is 14.3 Å². The van der Waals surface area contributed by atoms with Crippen LogP contribution in [0, 0.1) is 11.7 Å². The first-order valence-electron chi connectivity index (χ1n) is 8.49. The molecule has 3 N–H and O–H groups in total. The Kier molecular flexibility index (Phi) is 5.60. The maximum Gasteiger partial charge on any atom is 0.315 e. The van der Waals surface area contributed by atoms with Gasteiger partial charge in [0.15, 0.2) is 0 Å². The summed E-state index contributed by atoms with van der Waals surface area (Å²) < 4.78 is 13.3. The summed E-state index contributed by atoms with van der Waals surface area (Å²) in [7, 11) is 0. The van der Waals surface area contributed by atoms with Crippen molar-refractivity contribution in [1.82, 2.24) is 15.6 Å². The molecule has 2 unspecified atom stereocenters. The molecule has 1 aliphatic rings. The zero-order chi connectivity index (χ0) is 17.6. The number of amides is 2. The molecular weight excluding hydrogens is 321 g/mol. The third kappa shape index (κ3) is 4.54. The van der Waals surface area contributed by atoms with Gasteiger partial charge >= 0.3 is 6.03 Å². The first kappa shape index (κ1) is 17.4. The molecule has 5 nitrogen and oxygen atoms in total. The maximum atomic E-state index is 13.3. The molecule has 6 heteroatoms. The summed E-state index contributed by atoms with van der Waals surface area (Å²) in [6.45, 7) is 0.338. The maximum absolute atomic E-state index is 13.3. The Bertz CT molecular complexity index is 724. The van der Waals surface area contributed by atoms with Gasteiger partial charge in [-0.1, -0.05) is 12.1 Å². The van der Waals surface area contributed by atoms with Crippen LogP contribution in [0.2, 0.25) is 0 Å². The van der Waals surface area contributed by atoms with Crippen LogP contribution in [-0.4, -0.2) is 29.3 Å². The van der Waals surface area contributed by atoms with Gasteiger partial charge in [-0.05, 0) is 54.7 Å². The minimum Gasteiger partial charge on any atom is -0.396 e. The van der Waals surface area contributed by atoms with Crippen molar-refractivity contribution in [2.45, 2.75) is 25.3 Å². The van der Waals surface area contributed by atoms with Crippen LogP contribution < -0.4 is 10.6 Å². The van der Waals surface area contributed by atoms with Crippen LogP contribution in [-0.2, 0) is 12.8 Å². The molecule has 0 saturated heterocycles. The van der Waals surface area contributed by atoms with Crippen molar-refractivity contribution in [3.05, 3.63) is 65.2 Å². The molecule has 2 aromatic rings. The molecule has 0 bridgehead atoms. The lowest BCUT2D eigenvalue weighted by Gasteiger charge is -2.18. The van der Waals surface area contributed by atoms with Crippen molar-refractivity contribution >= 4 is 6.03 Å². The molecule has 0 fully saturated rings. The van der Waals surface area contributed by atoms with Crippen LogP contribution in [0.1, 0.15) is 29.3 Å². The highest BCUT2D eigenvalue weighted by atomic mass is 19.1. The van der Waals surface area contributed by atoms with E-state index in [1.54, 1.807) is 12.3 Å². The first-order valence-corrected chi connectivity index (χ1v) is 8.49. The van der Waals surface area contributed by atoms with Gasteiger partial charge < -0.3 is 15.7 Å². The van der Waals surface area contributed by atoms with Crippen LogP contribution >= 0.6 is 0 Å². The normalized spacial score (nSPS) is 17.0. The lowest BCUT2D eigenvalue weighted by atomic mass is 10.0. The highest BCUT2D eigenvalue weighted by Crippen LogP contribution is 2.31. The summed E-state index contributed by atoms with van der Waals surface area (Å²) in [5, 5.41) is 15.2. The fourth-order valence-electron chi connectivity index (χ4n) is 3.20. The number of carbonyl (C=O) groups excluding carboxylic acids is 1. The smallest absolute Gasteiger partial charge is 0.315 e. The number of hydrogen-bond acceptors (Lipinski definition) is 3. The third-order valence-corrected chi connectivity index (χ3v) is 4.52. The number of urea groups is 1. The van der Waals surface area contributed by atoms with E-state index in [0.717, 1.165) is 29.7 Å². The van der Waals surface area contributed by atoms with Gasteiger partial charge in [0.05, 0.1) is 6.04 Å². The number of benzene rings is 1.